The van der Waals surface area contributed by atoms with Gasteiger partial charge in [-0.05, 0) is 44.0 Å². The summed E-state index contributed by atoms with van der Waals surface area (Å²) in [6.07, 6.45) is 1.63. The average Bonchev–Trinajstić information content (AvgIpc) is 3.03. The molecule has 2 saturated heterocycles. The van der Waals surface area contributed by atoms with E-state index in [1.807, 2.05) is 19.1 Å². The topological polar surface area (TPSA) is 57.5 Å². The minimum Gasteiger partial charge on any atom is -0.467 e. The van der Waals surface area contributed by atoms with Crippen molar-refractivity contribution < 1.29 is 9.21 Å². The molecule has 2 aliphatic rings. The molecule has 3 heterocycles. The second-order valence-corrected chi connectivity index (χ2v) is 5.68. The molecule has 0 radical (unpaired) electrons. The Bertz CT molecular complexity index is 420. The summed E-state index contributed by atoms with van der Waals surface area (Å²) >= 11 is 0. The van der Waals surface area contributed by atoms with Gasteiger partial charge in [-0.2, -0.15) is 0 Å². The molecule has 1 aromatic heterocycles. The molecule has 0 bridgehead atoms. The Kier molecular flexibility index (Phi) is 3.57. The van der Waals surface area contributed by atoms with Crippen LogP contribution in [0.2, 0.25) is 0 Å². The van der Waals surface area contributed by atoms with Gasteiger partial charge in [-0.3, -0.25) is 9.69 Å². The lowest BCUT2D eigenvalue weighted by atomic mass is 10.0. The van der Waals surface area contributed by atoms with Crippen LogP contribution >= 0.6 is 0 Å². The number of nitrogens with one attached hydrogen (secondary N) is 2. The first-order chi connectivity index (χ1) is 9.22. The molecule has 1 aromatic rings. The van der Waals surface area contributed by atoms with Gasteiger partial charge in [-0.1, -0.05) is 0 Å². The van der Waals surface area contributed by atoms with E-state index in [2.05, 4.69) is 15.5 Å². The van der Waals surface area contributed by atoms with Crippen molar-refractivity contribution in [2.45, 2.75) is 13.0 Å². The molecule has 19 heavy (non-hydrogen) atoms. The largest absolute Gasteiger partial charge is 0.467 e. The van der Waals surface area contributed by atoms with Crippen LogP contribution in [0.5, 0.6) is 0 Å². The number of furan rings is 1. The third kappa shape index (κ3) is 2.82. The summed E-state index contributed by atoms with van der Waals surface area (Å²) in [5.74, 6) is 2.35. The minimum absolute atomic E-state index is 0.0636. The molecule has 0 saturated carbocycles. The highest BCUT2D eigenvalue weighted by Crippen LogP contribution is 2.25. The first kappa shape index (κ1) is 12.7. The van der Waals surface area contributed by atoms with Gasteiger partial charge in [0.1, 0.15) is 5.76 Å². The quantitative estimate of drug-likeness (QED) is 0.835. The van der Waals surface area contributed by atoms with Crippen molar-refractivity contribution in [3.63, 3.8) is 0 Å². The molecule has 3 unspecified atom stereocenters. The fraction of sp³-hybridized carbons (Fsp3) is 0.643. The molecule has 2 aliphatic heterocycles. The summed E-state index contributed by atoms with van der Waals surface area (Å²) in [5.41, 5.74) is 0. The van der Waals surface area contributed by atoms with Crippen molar-refractivity contribution in [3.05, 3.63) is 24.2 Å². The van der Waals surface area contributed by atoms with Gasteiger partial charge in [-0.25, -0.2) is 0 Å². The zero-order chi connectivity index (χ0) is 13.2. The Labute approximate surface area is 113 Å². The highest BCUT2D eigenvalue weighted by atomic mass is 16.3. The van der Waals surface area contributed by atoms with E-state index < -0.39 is 0 Å². The summed E-state index contributed by atoms with van der Waals surface area (Å²) < 4.78 is 5.29. The minimum atomic E-state index is -0.0636. The summed E-state index contributed by atoms with van der Waals surface area (Å²) in [5, 5.41) is 6.39. The molecule has 2 fully saturated rings. The molecule has 5 nitrogen and oxygen atoms in total. The Morgan fingerprint density at radius 3 is 2.89 bits per heavy atom. The van der Waals surface area contributed by atoms with Crippen LogP contribution < -0.4 is 10.6 Å². The second kappa shape index (κ2) is 5.35. The van der Waals surface area contributed by atoms with Crippen LogP contribution in [0.4, 0.5) is 0 Å². The third-order valence-corrected chi connectivity index (χ3v) is 4.18. The lowest BCUT2D eigenvalue weighted by Gasteiger charge is -2.18. The average molecular weight is 263 g/mol. The number of hydrogen-bond acceptors (Lipinski definition) is 4. The van der Waals surface area contributed by atoms with E-state index in [4.69, 9.17) is 4.42 Å². The third-order valence-electron chi connectivity index (χ3n) is 4.18. The second-order valence-electron chi connectivity index (χ2n) is 5.68. The van der Waals surface area contributed by atoms with Gasteiger partial charge in [0.15, 0.2) is 0 Å². The van der Waals surface area contributed by atoms with Crippen molar-refractivity contribution in [2.75, 3.05) is 32.7 Å². The Balaban J connectivity index is 1.47. The van der Waals surface area contributed by atoms with Crippen LogP contribution in [0.25, 0.3) is 0 Å². The summed E-state index contributed by atoms with van der Waals surface area (Å²) in [7, 11) is 0. The number of rotatable bonds is 4. The van der Waals surface area contributed by atoms with Crippen LogP contribution in [0.15, 0.2) is 22.8 Å². The Hall–Kier alpha value is -1.33. The van der Waals surface area contributed by atoms with Crippen molar-refractivity contribution >= 4 is 5.91 Å². The maximum absolute atomic E-state index is 12.0. The Morgan fingerprint density at radius 1 is 1.53 bits per heavy atom. The van der Waals surface area contributed by atoms with E-state index >= 15 is 0 Å². The number of fused-ring (bicyclic) bond motifs is 1. The van der Waals surface area contributed by atoms with Gasteiger partial charge >= 0.3 is 0 Å². The zero-order valence-corrected chi connectivity index (χ0v) is 11.3. The van der Waals surface area contributed by atoms with Crippen molar-refractivity contribution in [2.24, 2.45) is 11.8 Å². The molecule has 0 aromatic carbocycles. The highest BCUT2D eigenvalue weighted by Gasteiger charge is 2.36. The first-order valence-corrected chi connectivity index (χ1v) is 6.98. The summed E-state index contributed by atoms with van der Waals surface area (Å²) in [4.78, 5) is 14.3. The molecule has 1 amide bonds. The van der Waals surface area contributed by atoms with Gasteiger partial charge in [0.05, 0.1) is 18.8 Å². The van der Waals surface area contributed by atoms with Crippen molar-refractivity contribution in [3.8, 4) is 0 Å². The van der Waals surface area contributed by atoms with Gasteiger partial charge in [0.25, 0.3) is 0 Å². The first-order valence-electron chi connectivity index (χ1n) is 6.98. The van der Waals surface area contributed by atoms with Crippen LogP contribution in [-0.4, -0.2) is 43.5 Å². The molecule has 2 N–H and O–H groups in total. The van der Waals surface area contributed by atoms with Gasteiger partial charge in [0.2, 0.25) is 5.91 Å². The van der Waals surface area contributed by atoms with Crippen LogP contribution in [0.3, 0.4) is 0 Å². The standard InChI is InChI=1S/C14H21N3O2/c1-10(13-3-2-4-19-13)16-14(18)9-17-7-11-5-15-6-12(11)8-17/h2-4,10-12,15H,5-9H2,1H3,(H,16,18). The number of likely N-dealkylation sites (tertiary alicyclic amines) is 1. The van der Waals surface area contributed by atoms with Crippen LogP contribution in [0.1, 0.15) is 18.7 Å². The molecule has 104 valence electrons. The normalized spacial score (nSPS) is 28.3. The molecule has 3 rings (SSSR count). The van der Waals surface area contributed by atoms with E-state index in [9.17, 15) is 4.79 Å². The van der Waals surface area contributed by atoms with E-state index in [0.29, 0.717) is 6.54 Å². The van der Waals surface area contributed by atoms with Gasteiger partial charge < -0.3 is 15.1 Å². The van der Waals surface area contributed by atoms with Crippen molar-refractivity contribution in [1.82, 2.24) is 15.5 Å². The number of amides is 1. The molecule has 3 atom stereocenters. The smallest absolute Gasteiger partial charge is 0.234 e. The van der Waals surface area contributed by atoms with E-state index in [1.54, 1.807) is 6.26 Å². The fourth-order valence-electron chi connectivity index (χ4n) is 3.18. The van der Waals surface area contributed by atoms with Gasteiger partial charge in [-0.15, -0.1) is 0 Å². The molecule has 5 heteroatoms. The zero-order valence-electron chi connectivity index (χ0n) is 11.3. The highest BCUT2D eigenvalue weighted by molar-refractivity contribution is 5.78. The van der Waals surface area contributed by atoms with E-state index in [1.165, 1.54) is 0 Å². The van der Waals surface area contributed by atoms with Crippen molar-refractivity contribution in [1.29, 1.82) is 0 Å². The molecule has 0 aliphatic carbocycles. The molecular weight excluding hydrogens is 242 g/mol. The Morgan fingerprint density at radius 2 is 2.26 bits per heavy atom. The number of carbonyl (C=O) groups excluding carboxylic acids is 1. The maximum atomic E-state index is 12.0. The van der Waals surface area contributed by atoms with E-state index in [0.717, 1.165) is 43.8 Å². The predicted octanol–water partition coefficient (Wildman–Crippen LogP) is 0.608. The molecule has 0 spiro atoms. The van der Waals surface area contributed by atoms with E-state index in [-0.39, 0.29) is 11.9 Å². The fourth-order valence-corrected chi connectivity index (χ4v) is 3.18. The monoisotopic (exact) mass is 263 g/mol. The lowest BCUT2D eigenvalue weighted by molar-refractivity contribution is -0.122. The van der Waals surface area contributed by atoms with Crippen LogP contribution in [-0.2, 0) is 4.79 Å². The SMILES string of the molecule is CC(NC(=O)CN1CC2CNCC2C1)c1ccco1. The molecular formula is C14H21N3O2. The number of nitrogens with zero attached hydrogens (tertiary/aromatic N) is 1. The number of carbonyl (C=O) groups is 1. The maximum Gasteiger partial charge on any atom is 0.234 e. The number of hydrogen-bond donors (Lipinski definition) is 2. The lowest BCUT2D eigenvalue weighted by Crippen LogP contribution is -2.38. The summed E-state index contributed by atoms with van der Waals surface area (Å²) in [6.45, 7) is 6.73. The predicted molar refractivity (Wildman–Crippen MR) is 71.6 cm³/mol. The van der Waals surface area contributed by atoms with Crippen LogP contribution in [0, 0.1) is 11.8 Å². The summed E-state index contributed by atoms with van der Waals surface area (Å²) in [6, 6.07) is 3.66. The van der Waals surface area contributed by atoms with Gasteiger partial charge in [0, 0.05) is 13.1 Å².